The van der Waals surface area contributed by atoms with Gasteiger partial charge in [-0.05, 0) is 19.4 Å². The summed E-state index contributed by atoms with van der Waals surface area (Å²) >= 11 is 0. The van der Waals surface area contributed by atoms with Crippen LogP contribution < -0.4 is 4.90 Å². The van der Waals surface area contributed by atoms with Crippen LogP contribution in [-0.4, -0.2) is 47.4 Å². The number of aliphatic hydroxyl groups excluding tert-OH is 1. The molecule has 1 N–H and O–H groups in total. The summed E-state index contributed by atoms with van der Waals surface area (Å²) in [6.45, 7) is 3.59. The molecule has 2 rings (SSSR count). The molecule has 0 aromatic carbocycles. The summed E-state index contributed by atoms with van der Waals surface area (Å²) in [5.41, 5.74) is 0.611. The third-order valence-electron chi connectivity index (χ3n) is 3.25. The van der Waals surface area contributed by atoms with E-state index in [0.717, 1.165) is 0 Å². The Labute approximate surface area is 111 Å². The van der Waals surface area contributed by atoms with Gasteiger partial charge in [-0.2, -0.15) is 0 Å². The Hall–Kier alpha value is -1.73. The average molecular weight is 267 g/mol. The number of morpholine rings is 1. The summed E-state index contributed by atoms with van der Waals surface area (Å²) in [6.07, 6.45) is 1.88. The van der Waals surface area contributed by atoms with Gasteiger partial charge in [0.1, 0.15) is 12.0 Å². The van der Waals surface area contributed by atoms with Crippen LogP contribution in [0, 0.1) is 17.0 Å². The predicted molar refractivity (Wildman–Crippen MR) is 69.3 cm³/mol. The summed E-state index contributed by atoms with van der Waals surface area (Å²) < 4.78 is 5.39. The van der Waals surface area contributed by atoms with Crippen molar-refractivity contribution in [2.24, 2.45) is 0 Å². The standard InChI is InChI=1S/C12H17N3O4/c1-9-6-12(13-7-11(9)15(17)18)14-3-5-19-8-10(14)2-4-16/h6-7,10,16H,2-5,8H2,1H3/t10-/m0/s1. The molecule has 1 aliphatic heterocycles. The van der Waals surface area contributed by atoms with Crippen molar-refractivity contribution < 1.29 is 14.8 Å². The summed E-state index contributed by atoms with van der Waals surface area (Å²) in [5, 5.41) is 19.8. The van der Waals surface area contributed by atoms with Crippen molar-refractivity contribution in [3.8, 4) is 0 Å². The lowest BCUT2D eigenvalue weighted by atomic mass is 10.1. The fourth-order valence-electron chi connectivity index (χ4n) is 2.23. The minimum Gasteiger partial charge on any atom is -0.396 e. The van der Waals surface area contributed by atoms with Crippen molar-refractivity contribution in [1.29, 1.82) is 0 Å². The Morgan fingerprint density at radius 3 is 3.11 bits per heavy atom. The zero-order valence-electron chi connectivity index (χ0n) is 10.8. The van der Waals surface area contributed by atoms with Gasteiger partial charge in [0, 0.05) is 18.7 Å². The van der Waals surface area contributed by atoms with E-state index in [-0.39, 0.29) is 18.3 Å². The maximum Gasteiger partial charge on any atom is 0.290 e. The number of nitro groups is 1. The van der Waals surface area contributed by atoms with Crippen LogP contribution in [0.15, 0.2) is 12.3 Å². The quantitative estimate of drug-likeness (QED) is 0.643. The molecule has 1 aromatic heterocycles. The van der Waals surface area contributed by atoms with Gasteiger partial charge in [0.2, 0.25) is 0 Å². The Kier molecular flexibility index (Phi) is 4.28. The molecular weight excluding hydrogens is 250 g/mol. The molecule has 0 saturated carbocycles. The molecule has 1 saturated heterocycles. The molecule has 7 heteroatoms. The van der Waals surface area contributed by atoms with Crippen LogP contribution in [0.5, 0.6) is 0 Å². The summed E-state index contributed by atoms with van der Waals surface area (Å²) in [7, 11) is 0. The molecule has 1 aliphatic rings. The fourth-order valence-corrected chi connectivity index (χ4v) is 2.23. The number of hydrogen-bond acceptors (Lipinski definition) is 6. The molecule has 0 radical (unpaired) electrons. The van der Waals surface area contributed by atoms with E-state index in [1.807, 2.05) is 4.90 Å². The molecule has 0 unspecified atom stereocenters. The second-order valence-corrected chi connectivity index (χ2v) is 4.52. The van der Waals surface area contributed by atoms with Crippen molar-refractivity contribution in [1.82, 2.24) is 4.98 Å². The van der Waals surface area contributed by atoms with Crippen molar-refractivity contribution >= 4 is 11.5 Å². The molecule has 1 atom stereocenters. The van der Waals surface area contributed by atoms with Crippen LogP contribution >= 0.6 is 0 Å². The third-order valence-corrected chi connectivity index (χ3v) is 3.25. The number of aryl methyl sites for hydroxylation is 1. The van der Waals surface area contributed by atoms with Crippen LogP contribution in [0.25, 0.3) is 0 Å². The monoisotopic (exact) mass is 267 g/mol. The van der Waals surface area contributed by atoms with Crippen molar-refractivity contribution in [3.63, 3.8) is 0 Å². The number of anilines is 1. The minimum atomic E-state index is -0.434. The highest BCUT2D eigenvalue weighted by Gasteiger charge is 2.25. The smallest absolute Gasteiger partial charge is 0.290 e. The van der Waals surface area contributed by atoms with E-state index in [2.05, 4.69) is 4.98 Å². The van der Waals surface area contributed by atoms with E-state index in [1.54, 1.807) is 13.0 Å². The number of aliphatic hydroxyl groups is 1. The first-order chi connectivity index (χ1) is 9.13. The van der Waals surface area contributed by atoms with Gasteiger partial charge >= 0.3 is 0 Å². The van der Waals surface area contributed by atoms with Crippen LogP contribution in [-0.2, 0) is 4.74 Å². The summed E-state index contributed by atoms with van der Waals surface area (Å²) in [6, 6.07) is 1.78. The fraction of sp³-hybridized carbons (Fsp3) is 0.583. The van der Waals surface area contributed by atoms with Crippen molar-refractivity contribution in [2.45, 2.75) is 19.4 Å². The van der Waals surface area contributed by atoms with E-state index in [9.17, 15) is 10.1 Å². The summed E-state index contributed by atoms with van der Waals surface area (Å²) in [4.78, 5) is 16.5. The molecule has 0 amide bonds. The molecule has 0 spiro atoms. The van der Waals surface area contributed by atoms with Gasteiger partial charge in [0.05, 0.1) is 24.2 Å². The average Bonchev–Trinajstić information content (AvgIpc) is 2.39. The number of rotatable bonds is 4. The Morgan fingerprint density at radius 2 is 2.47 bits per heavy atom. The third kappa shape index (κ3) is 2.99. The zero-order chi connectivity index (χ0) is 13.8. The molecule has 0 aliphatic carbocycles. The zero-order valence-corrected chi connectivity index (χ0v) is 10.8. The number of pyridine rings is 1. The minimum absolute atomic E-state index is 0.0238. The van der Waals surface area contributed by atoms with Gasteiger partial charge in [-0.25, -0.2) is 4.98 Å². The lowest BCUT2D eigenvalue weighted by Gasteiger charge is -2.36. The number of aromatic nitrogens is 1. The van der Waals surface area contributed by atoms with Gasteiger partial charge in [-0.3, -0.25) is 10.1 Å². The maximum absolute atomic E-state index is 10.8. The highest BCUT2D eigenvalue weighted by atomic mass is 16.6. The number of hydrogen-bond donors (Lipinski definition) is 1. The van der Waals surface area contributed by atoms with E-state index >= 15 is 0 Å². The Bertz CT molecular complexity index is 464. The van der Waals surface area contributed by atoms with Crippen LogP contribution in [0.4, 0.5) is 11.5 Å². The first-order valence-corrected chi connectivity index (χ1v) is 6.19. The Balaban J connectivity index is 2.24. The maximum atomic E-state index is 10.8. The molecule has 2 heterocycles. The van der Waals surface area contributed by atoms with Crippen molar-refractivity contribution in [2.75, 3.05) is 31.3 Å². The number of ether oxygens (including phenoxy) is 1. The molecule has 7 nitrogen and oxygen atoms in total. The van der Waals surface area contributed by atoms with Gasteiger partial charge < -0.3 is 14.7 Å². The van der Waals surface area contributed by atoms with Gasteiger partial charge in [-0.15, -0.1) is 0 Å². The van der Waals surface area contributed by atoms with Gasteiger partial charge in [-0.1, -0.05) is 0 Å². The number of nitrogens with zero attached hydrogens (tertiary/aromatic N) is 3. The second kappa shape index (κ2) is 5.94. The van der Waals surface area contributed by atoms with E-state index in [4.69, 9.17) is 9.84 Å². The van der Waals surface area contributed by atoms with Crippen LogP contribution in [0.1, 0.15) is 12.0 Å². The van der Waals surface area contributed by atoms with Gasteiger partial charge in [0.25, 0.3) is 5.69 Å². The largest absolute Gasteiger partial charge is 0.396 e. The van der Waals surface area contributed by atoms with E-state index in [0.29, 0.717) is 37.6 Å². The van der Waals surface area contributed by atoms with E-state index in [1.165, 1.54) is 6.20 Å². The van der Waals surface area contributed by atoms with E-state index < -0.39 is 4.92 Å². The predicted octanol–water partition coefficient (Wildman–Crippen LogP) is 0.886. The molecule has 0 bridgehead atoms. The van der Waals surface area contributed by atoms with Crippen molar-refractivity contribution in [3.05, 3.63) is 27.9 Å². The second-order valence-electron chi connectivity index (χ2n) is 4.52. The topological polar surface area (TPSA) is 88.7 Å². The lowest BCUT2D eigenvalue weighted by molar-refractivity contribution is -0.385. The Morgan fingerprint density at radius 1 is 1.68 bits per heavy atom. The first kappa shape index (κ1) is 13.7. The van der Waals surface area contributed by atoms with Crippen LogP contribution in [0.3, 0.4) is 0 Å². The molecule has 19 heavy (non-hydrogen) atoms. The lowest BCUT2D eigenvalue weighted by Crippen LogP contribution is -2.46. The first-order valence-electron chi connectivity index (χ1n) is 6.19. The molecular formula is C12H17N3O4. The molecule has 1 aromatic rings. The normalized spacial score (nSPS) is 19.5. The highest BCUT2D eigenvalue weighted by molar-refractivity contribution is 5.49. The molecule has 1 fully saturated rings. The highest BCUT2D eigenvalue weighted by Crippen LogP contribution is 2.24. The van der Waals surface area contributed by atoms with Crippen LogP contribution in [0.2, 0.25) is 0 Å². The SMILES string of the molecule is Cc1cc(N2CCOC[C@@H]2CCO)ncc1[N+](=O)[O-]. The molecule has 104 valence electrons. The van der Waals surface area contributed by atoms with Gasteiger partial charge in [0.15, 0.2) is 0 Å². The summed E-state index contributed by atoms with van der Waals surface area (Å²) in [5.74, 6) is 0.699.